The van der Waals surface area contributed by atoms with Gasteiger partial charge in [0.2, 0.25) is 5.95 Å². The van der Waals surface area contributed by atoms with Gasteiger partial charge in [0.05, 0.1) is 6.20 Å². The number of hydrogen-bond donors (Lipinski definition) is 3. The number of ether oxygens (including phenoxy) is 1. The van der Waals surface area contributed by atoms with Crippen molar-refractivity contribution in [1.29, 1.82) is 5.26 Å². The number of rotatable bonds is 10. The van der Waals surface area contributed by atoms with E-state index < -0.39 is 6.36 Å². The standard InChI is InChI=1S/C24H29F3N6O/c25-24(26,27)34-21-4-2-1-3-18(21)14-31-23-32-15-19(11-28)22(33-23)30-13-17-7-9-20(10-8-17)29-12-16-5-6-16/h1-4,15-17,20,29H,5-10,12-14H2,(H2,30,31,32,33)/t17-,20-. The highest BCUT2D eigenvalue weighted by Crippen LogP contribution is 2.30. The number of nitrogens with zero attached hydrogens (tertiary/aromatic N) is 3. The van der Waals surface area contributed by atoms with Crippen molar-refractivity contribution in [3.05, 3.63) is 41.6 Å². The quantitative estimate of drug-likeness (QED) is 0.454. The molecular weight excluding hydrogens is 445 g/mol. The summed E-state index contributed by atoms with van der Waals surface area (Å²) in [5.41, 5.74) is 0.639. The van der Waals surface area contributed by atoms with Crippen molar-refractivity contribution in [3.8, 4) is 11.8 Å². The fourth-order valence-electron chi connectivity index (χ4n) is 4.20. The van der Waals surface area contributed by atoms with Gasteiger partial charge in [-0.25, -0.2) is 4.98 Å². The lowest BCUT2D eigenvalue weighted by molar-refractivity contribution is -0.274. The number of hydrogen-bond acceptors (Lipinski definition) is 7. The molecule has 1 heterocycles. The van der Waals surface area contributed by atoms with Crippen molar-refractivity contribution in [1.82, 2.24) is 15.3 Å². The second kappa shape index (κ2) is 10.9. The zero-order chi connectivity index (χ0) is 24.0. The van der Waals surface area contributed by atoms with Gasteiger partial charge in [0.15, 0.2) is 0 Å². The molecule has 1 aromatic heterocycles. The van der Waals surface area contributed by atoms with E-state index in [2.05, 4.69) is 36.7 Å². The summed E-state index contributed by atoms with van der Waals surface area (Å²) < 4.78 is 42.0. The van der Waals surface area contributed by atoms with Crippen LogP contribution in [0.25, 0.3) is 0 Å². The molecule has 1 aromatic carbocycles. The average Bonchev–Trinajstić information content (AvgIpc) is 3.65. The molecule has 182 valence electrons. The molecule has 0 atom stereocenters. The Morgan fingerprint density at radius 3 is 2.41 bits per heavy atom. The van der Waals surface area contributed by atoms with Gasteiger partial charge in [-0.2, -0.15) is 10.2 Å². The van der Waals surface area contributed by atoms with Gasteiger partial charge in [-0.15, -0.1) is 13.2 Å². The van der Waals surface area contributed by atoms with Crippen LogP contribution in [0.1, 0.15) is 49.7 Å². The van der Waals surface area contributed by atoms with Gasteiger partial charge in [-0.05, 0) is 63.0 Å². The first-order chi connectivity index (χ1) is 16.4. The minimum atomic E-state index is -4.77. The van der Waals surface area contributed by atoms with E-state index >= 15 is 0 Å². The Bertz CT molecular complexity index is 997. The maximum atomic E-state index is 12.6. The van der Waals surface area contributed by atoms with Crippen LogP contribution >= 0.6 is 0 Å². The Morgan fingerprint density at radius 1 is 1.00 bits per heavy atom. The van der Waals surface area contributed by atoms with Gasteiger partial charge in [0, 0.05) is 24.7 Å². The van der Waals surface area contributed by atoms with Gasteiger partial charge >= 0.3 is 6.36 Å². The van der Waals surface area contributed by atoms with Crippen LogP contribution in [0, 0.1) is 23.2 Å². The number of alkyl halides is 3. The first kappa shape index (κ1) is 24.1. The van der Waals surface area contributed by atoms with Crippen LogP contribution in [0.15, 0.2) is 30.5 Å². The topological polar surface area (TPSA) is 94.9 Å². The maximum absolute atomic E-state index is 12.6. The monoisotopic (exact) mass is 474 g/mol. The molecule has 2 aliphatic carbocycles. The minimum Gasteiger partial charge on any atom is -0.405 e. The van der Waals surface area contributed by atoms with E-state index in [9.17, 15) is 18.4 Å². The predicted molar refractivity (Wildman–Crippen MR) is 122 cm³/mol. The van der Waals surface area contributed by atoms with E-state index in [0.717, 1.165) is 38.1 Å². The Morgan fingerprint density at radius 2 is 1.71 bits per heavy atom. The lowest BCUT2D eigenvalue weighted by Gasteiger charge is -2.29. The summed E-state index contributed by atoms with van der Waals surface area (Å²) in [6.07, 6.45) is 3.89. The van der Waals surface area contributed by atoms with Gasteiger partial charge < -0.3 is 20.7 Å². The highest BCUT2D eigenvalue weighted by Gasteiger charge is 2.32. The molecule has 0 radical (unpaired) electrons. The van der Waals surface area contributed by atoms with E-state index in [0.29, 0.717) is 35.4 Å². The number of nitrogens with one attached hydrogen (secondary N) is 3. The number of halogens is 3. The molecule has 0 aliphatic heterocycles. The first-order valence-corrected chi connectivity index (χ1v) is 11.7. The van der Waals surface area contributed by atoms with Crippen LogP contribution in [-0.4, -0.2) is 35.5 Å². The number of para-hydroxylation sites is 1. The summed E-state index contributed by atoms with van der Waals surface area (Å²) in [4.78, 5) is 8.50. The molecule has 0 unspecified atom stereocenters. The average molecular weight is 475 g/mol. The maximum Gasteiger partial charge on any atom is 0.573 e. The second-order valence-corrected chi connectivity index (χ2v) is 9.03. The number of nitriles is 1. The summed E-state index contributed by atoms with van der Waals surface area (Å²) in [5, 5.41) is 19.3. The molecule has 2 aliphatic rings. The molecule has 2 saturated carbocycles. The van der Waals surface area contributed by atoms with Crippen molar-refractivity contribution < 1.29 is 17.9 Å². The molecule has 34 heavy (non-hydrogen) atoms. The van der Waals surface area contributed by atoms with Crippen molar-refractivity contribution >= 4 is 11.8 Å². The lowest BCUT2D eigenvalue weighted by atomic mass is 9.86. The van der Waals surface area contributed by atoms with E-state index in [1.807, 2.05) is 0 Å². The molecular formula is C24H29F3N6O. The van der Waals surface area contributed by atoms with Gasteiger partial charge in [-0.1, -0.05) is 18.2 Å². The molecule has 2 fully saturated rings. The van der Waals surface area contributed by atoms with Gasteiger partial charge in [0.25, 0.3) is 0 Å². The predicted octanol–water partition coefficient (Wildman–Crippen LogP) is 4.83. The second-order valence-electron chi connectivity index (χ2n) is 9.03. The number of anilines is 2. The van der Waals surface area contributed by atoms with Crippen molar-refractivity contribution in [2.75, 3.05) is 23.7 Å². The van der Waals surface area contributed by atoms with Crippen molar-refractivity contribution in [2.24, 2.45) is 11.8 Å². The molecule has 10 heteroatoms. The third-order valence-electron chi connectivity index (χ3n) is 6.34. The van der Waals surface area contributed by atoms with Crippen LogP contribution in [0.4, 0.5) is 24.9 Å². The smallest absolute Gasteiger partial charge is 0.405 e. The zero-order valence-electron chi connectivity index (χ0n) is 18.9. The molecule has 0 spiro atoms. The van der Waals surface area contributed by atoms with Gasteiger partial charge in [0.1, 0.15) is 23.2 Å². The Labute approximate surface area is 197 Å². The molecule has 0 bridgehead atoms. The molecule has 4 rings (SSSR count). The van der Waals surface area contributed by atoms with Crippen LogP contribution in [0.3, 0.4) is 0 Å². The summed E-state index contributed by atoms with van der Waals surface area (Å²) in [6.45, 7) is 1.89. The number of benzene rings is 1. The third-order valence-corrected chi connectivity index (χ3v) is 6.34. The van der Waals surface area contributed by atoms with Gasteiger partial charge in [-0.3, -0.25) is 0 Å². The SMILES string of the molecule is N#Cc1cnc(NCc2ccccc2OC(F)(F)F)nc1NC[C@H]1CC[C@H](NCC2CC2)CC1. The first-order valence-electron chi connectivity index (χ1n) is 11.7. The Hall–Kier alpha value is -3.06. The third kappa shape index (κ3) is 7.22. The molecule has 0 amide bonds. The largest absolute Gasteiger partial charge is 0.573 e. The fourth-order valence-corrected chi connectivity index (χ4v) is 4.20. The van der Waals surface area contributed by atoms with E-state index in [4.69, 9.17) is 0 Å². The van der Waals surface area contributed by atoms with E-state index in [1.165, 1.54) is 37.2 Å². The molecule has 3 N–H and O–H groups in total. The summed E-state index contributed by atoms with van der Waals surface area (Å²) >= 11 is 0. The Balaban J connectivity index is 1.30. The minimum absolute atomic E-state index is 0.0372. The summed E-state index contributed by atoms with van der Waals surface area (Å²) in [5.74, 6) is 1.75. The van der Waals surface area contributed by atoms with Crippen LogP contribution in [0.5, 0.6) is 5.75 Å². The number of aromatic nitrogens is 2. The van der Waals surface area contributed by atoms with Crippen molar-refractivity contribution in [2.45, 2.75) is 57.5 Å². The fraction of sp³-hybridized carbons (Fsp3) is 0.542. The van der Waals surface area contributed by atoms with E-state index in [-0.39, 0.29) is 18.2 Å². The zero-order valence-corrected chi connectivity index (χ0v) is 18.9. The van der Waals surface area contributed by atoms with Crippen LogP contribution in [-0.2, 0) is 6.54 Å². The van der Waals surface area contributed by atoms with E-state index in [1.54, 1.807) is 6.07 Å². The molecule has 0 saturated heterocycles. The highest BCUT2D eigenvalue weighted by molar-refractivity contribution is 5.53. The summed E-state index contributed by atoms with van der Waals surface area (Å²) in [7, 11) is 0. The lowest BCUT2D eigenvalue weighted by Crippen LogP contribution is -2.35. The summed E-state index contributed by atoms with van der Waals surface area (Å²) in [6, 6.07) is 8.58. The van der Waals surface area contributed by atoms with Crippen LogP contribution < -0.4 is 20.7 Å². The highest BCUT2D eigenvalue weighted by atomic mass is 19.4. The normalized spacial score (nSPS) is 20.4. The van der Waals surface area contributed by atoms with Crippen molar-refractivity contribution in [3.63, 3.8) is 0 Å². The molecule has 7 nitrogen and oxygen atoms in total. The Kier molecular flexibility index (Phi) is 7.73. The molecule has 2 aromatic rings. The van der Waals surface area contributed by atoms with Crippen LogP contribution in [0.2, 0.25) is 0 Å².